The average molecular weight is 320 g/mol. The van der Waals surface area contributed by atoms with E-state index in [1.807, 2.05) is 6.20 Å². The van der Waals surface area contributed by atoms with Crippen LogP contribution in [-0.4, -0.2) is 29.6 Å². The van der Waals surface area contributed by atoms with Crippen LogP contribution in [0.15, 0.2) is 60.8 Å². The van der Waals surface area contributed by atoms with E-state index >= 15 is 0 Å². The van der Waals surface area contributed by atoms with Gasteiger partial charge in [0.15, 0.2) is 0 Å². The summed E-state index contributed by atoms with van der Waals surface area (Å²) in [5.74, 6) is 0. The van der Waals surface area contributed by atoms with Crippen molar-refractivity contribution in [2.75, 3.05) is 19.6 Å². The second-order valence-corrected chi connectivity index (χ2v) is 6.46. The summed E-state index contributed by atoms with van der Waals surface area (Å²) >= 11 is 0. The minimum Gasteiger partial charge on any atom is -0.361 e. The van der Waals surface area contributed by atoms with E-state index in [9.17, 15) is 0 Å². The Kier molecular flexibility index (Phi) is 4.34. The Morgan fingerprint density at radius 1 is 1.08 bits per heavy atom. The number of H-pyrrole nitrogens is 1. The molecule has 124 valence electrons. The van der Waals surface area contributed by atoms with E-state index in [0.717, 1.165) is 19.6 Å². The van der Waals surface area contributed by atoms with Crippen LogP contribution in [0.2, 0.25) is 0 Å². The second kappa shape index (κ2) is 6.77. The van der Waals surface area contributed by atoms with E-state index in [0.29, 0.717) is 6.04 Å². The SMILES string of the molecule is C[C@@H](NN1CCNCC1c1cccc2[nH]ccc12)c1ccccc1. The third kappa shape index (κ3) is 2.96. The van der Waals surface area contributed by atoms with Crippen LogP contribution < -0.4 is 10.7 Å². The van der Waals surface area contributed by atoms with Gasteiger partial charge in [0.1, 0.15) is 0 Å². The number of hydrogen-bond donors (Lipinski definition) is 3. The fraction of sp³-hybridized carbons (Fsp3) is 0.300. The number of hydrazine groups is 1. The molecule has 4 rings (SSSR count). The molecule has 0 aliphatic carbocycles. The predicted octanol–water partition coefficient (Wildman–Crippen LogP) is 3.38. The fourth-order valence-corrected chi connectivity index (χ4v) is 3.60. The molecule has 24 heavy (non-hydrogen) atoms. The zero-order chi connectivity index (χ0) is 16.4. The number of fused-ring (bicyclic) bond motifs is 1. The average Bonchev–Trinajstić information content (AvgIpc) is 3.12. The van der Waals surface area contributed by atoms with Crippen molar-refractivity contribution in [3.63, 3.8) is 0 Å². The van der Waals surface area contributed by atoms with Gasteiger partial charge in [0, 0.05) is 42.8 Å². The van der Waals surface area contributed by atoms with Gasteiger partial charge in [-0.2, -0.15) is 0 Å². The maximum atomic E-state index is 3.72. The van der Waals surface area contributed by atoms with Gasteiger partial charge in [0.2, 0.25) is 0 Å². The van der Waals surface area contributed by atoms with Gasteiger partial charge in [0.05, 0.1) is 6.04 Å². The molecular formula is C20H24N4. The van der Waals surface area contributed by atoms with Crippen molar-refractivity contribution in [2.24, 2.45) is 0 Å². The summed E-state index contributed by atoms with van der Waals surface area (Å²) in [6.07, 6.45) is 2.02. The summed E-state index contributed by atoms with van der Waals surface area (Å²) in [6.45, 7) is 5.18. The van der Waals surface area contributed by atoms with Crippen LogP contribution in [-0.2, 0) is 0 Å². The van der Waals surface area contributed by atoms with Crippen LogP contribution in [0.4, 0.5) is 0 Å². The quantitative estimate of drug-likeness (QED) is 0.690. The fourth-order valence-electron chi connectivity index (χ4n) is 3.60. The van der Waals surface area contributed by atoms with Gasteiger partial charge in [-0.15, -0.1) is 0 Å². The van der Waals surface area contributed by atoms with Crippen molar-refractivity contribution in [1.29, 1.82) is 0 Å². The highest BCUT2D eigenvalue weighted by Crippen LogP contribution is 2.29. The number of nitrogens with zero attached hydrogens (tertiary/aromatic N) is 1. The summed E-state index contributed by atoms with van der Waals surface area (Å²) in [7, 11) is 0. The molecule has 0 amide bonds. The van der Waals surface area contributed by atoms with Gasteiger partial charge < -0.3 is 10.3 Å². The standard InChI is InChI=1S/C20H24N4/c1-15(16-6-3-2-4-7-16)23-24-13-12-21-14-20(24)18-8-5-9-19-17(18)10-11-22-19/h2-11,15,20-23H,12-14H2,1H3/t15-,20?/m1/s1. The van der Waals surface area contributed by atoms with E-state index < -0.39 is 0 Å². The van der Waals surface area contributed by atoms with E-state index in [1.165, 1.54) is 22.0 Å². The first-order valence-corrected chi connectivity index (χ1v) is 8.67. The monoisotopic (exact) mass is 320 g/mol. The first kappa shape index (κ1) is 15.4. The lowest BCUT2D eigenvalue weighted by Gasteiger charge is -2.39. The number of rotatable bonds is 4. The van der Waals surface area contributed by atoms with Gasteiger partial charge in [-0.3, -0.25) is 0 Å². The lowest BCUT2D eigenvalue weighted by molar-refractivity contribution is 0.0802. The topological polar surface area (TPSA) is 43.1 Å². The number of benzene rings is 2. The maximum Gasteiger partial charge on any atom is 0.0624 e. The molecule has 1 aliphatic heterocycles. The number of hydrogen-bond acceptors (Lipinski definition) is 3. The minimum absolute atomic E-state index is 0.289. The maximum absolute atomic E-state index is 3.72. The summed E-state index contributed by atoms with van der Waals surface area (Å²) in [5.41, 5.74) is 7.61. The highest BCUT2D eigenvalue weighted by molar-refractivity contribution is 5.83. The van der Waals surface area contributed by atoms with Crippen LogP contribution in [0.1, 0.15) is 30.1 Å². The number of piperazine rings is 1. The van der Waals surface area contributed by atoms with Crippen molar-refractivity contribution in [2.45, 2.75) is 19.0 Å². The third-order valence-electron chi connectivity index (χ3n) is 4.89. The molecule has 1 aliphatic rings. The number of aromatic nitrogens is 1. The molecule has 0 spiro atoms. The van der Waals surface area contributed by atoms with E-state index in [4.69, 9.17) is 0 Å². The van der Waals surface area contributed by atoms with Gasteiger partial charge in [-0.25, -0.2) is 10.4 Å². The Morgan fingerprint density at radius 2 is 1.96 bits per heavy atom. The normalized spacial score (nSPS) is 20.3. The van der Waals surface area contributed by atoms with Gasteiger partial charge in [0.25, 0.3) is 0 Å². The van der Waals surface area contributed by atoms with Crippen LogP contribution in [0.25, 0.3) is 10.9 Å². The molecule has 1 saturated heterocycles. The highest BCUT2D eigenvalue weighted by atomic mass is 15.5. The summed E-state index contributed by atoms with van der Waals surface area (Å²) in [5, 5.41) is 7.25. The Morgan fingerprint density at radius 3 is 2.83 bits per heavy atom. The molecule has 0 saturated carbocycles. The van der Waals surface area contributed by atoms with Crippen molar-refractivity contribution in [3.05, 3.63) is 71.9 Å². The Balaban J connectivity index is 1.60. The number of nitrogens with one attached hydrogen (secondary N) is 3. The molecule has 0 radical (unpaired) electrons. The van der Waals surface area contributed by atoms with E-state index in [-0.39, 0.29) is 6.04 Å². The van der Waals surface area contributed by atoms with E-state index in [1.54, 1.807) is 0 Å². The van der Waals surface area contributed by atoms with Crippen molar-refractivity contribution in [1.82, 2.24) is 20.7 Å². The van der Waals surface area contributed by atoms with Crippen LogP contribution in [0.5, 0.6) is 0 Å². The smallest absolute Gasteiger partial charge is 0.0624 e. The molecule has 1 fully saturated rings. The summed E-state index contributed by atoms with van der Waals surface area (Å²) < 4.78 is 0. The molecule has 4 heteroatoms. The van der Waals surface area contributed by atoms with Crippen molar-refractivity contribution >= 4 is 10.9 Å². The lowest BCUT2D eigenvalue weighted by Crippen LogP contribution is -2.52. The first-order chi connectivity index (χ1) is 11.8. The molecule has 1 aromatic heterocycles. The van der Waals surface area contributed by atoms with E-state index in [2.05, 4.69) is 82.3 Å². The summed E-state index contributed by atoms with van der Waals surface area (Å²) in [6, 6.07) is 19.9. The Bertz CT molecular complexity index is 796. The molecular weight excluding hydrogens is 296 g/mol. The lowest BCUT2D eigenvalue weighted by atomic mass is 10.0. The highest BCUT2D eigenvalue weighted by Gasteiger charge is 2.26. The molecule has 1 unspecified atom stereocenters. The third-order valence-corrected chi connectivity index (χ3v) is 4.89. The van der Waals surface area contributed by atoms with Gasteiger partial charge in [-0.1, -0.05) is 42.5 Å². The molecule has 2 aromatic carbocycles. The molecule has 0 bridgehead atoms. The van der Waals surface area contributed by atoms with Crippen LogP contribution >= 0.6 is 0 Å². The van der Waals surface area contributed by atoms with Gasteiger partial charge in [-0.05, 0) is 30.2 Å². The van der Waals surface area contributed by atoms with Crippen LogP contribution in [0, 0.1) is 0 Å². The molecule has 3 aromatic rings. The second-order valence-electron chi connectivity index (χ2n) is 6.46. The largest absolute Gasteiger partial charge is 0.361 e. The number of aromatic amines is 1. The predicted molar refractivity (Wildman–Crippen MR) is 98.6 cm³/mol. The Hall–Kier alpha value is -2.14. The first-order valence-electron chi connectivity index (χ1n) is 8.67. The zero-order valence-electron chi connectivity index (χ0n) is 14.0. The molecule has 2 atom stereocenters. The van der Waals surface area contributed by atoms with Crippen molar-refractivity contribution in [3.8, 4) is 0 Å². The van der Waals surface area contributed by atoms with Crippen LogP contribution in [0.3, 0.4) is 0 Å². The zero-order valence-corrected chi connectivity index (χ0v) is 14.0. The van der Waals surface area contributed by atoms with Gasteiger partial charge >= 0.3 is 0 Å². The molecule has 2 heterocycles. The minimum atomic E-state index is 0.289. The summed E-state index contributed by atoms with van der Waals surface area (Å²) in [4.78, 5) is 3.32. The van der Waals surface area contributed by atoms with Crippen molar-refractivity contribution < 1.29 is 0 Å². The Labute approximate surface area is 142 Å². The molecule has 4 nitrogen and oxygen atoms in total. The molecule has 3 N–H and O–H groups in total.